The fraction of sp³-hybridized carbons (Fsp3) is 0.489. The third-order valence-corrected chi connectivity index (χ3v) is 10.4. The Kier molecular flexibility index (Phi) is 19.2. The summed E-state index contributed by atoms with van der Waals surface area (Å²) in [5.74, 6) is -4.64. The molecule has 0 aromatic heterocycles. The highest BCUT2D eigenvalue weighted by Crippen LogP contribution is 2.34. The SMILES string of the molecule is CCCCCCCCO[C@H]1O[C@H](COC(C)=O)[C@H](OC(C)=O)[C@H](O[C@@H]2O[C@H](COC(=O)c3ccccc3)[C@H](OC(=O)c3ccccc3)[C@H](O)[C@H]2OC(=O)c2ccccc2)[C@H]1NC(C)=O. The summed E-state index contributed by atoms with van der Waals surface area (Å²) in [6.07, 6.45) is -8.54. The molecule has 2 saturated heterocycles. The predicted octanol–water partition coefficient (Wildman–Crippen LogP) is 4.87. The van der Waals surface area contributed by atoms with Gasteiger partial charge >= 0.3 is 29.8 Å². The highest BCUT2D eigenvalue weighted by molar-refractivity contribution is 5.90. The Labute approximate surface area is 371 Å². The average molecular weight is 892 g/mol. The Balaban J connectivity index is 1.55. The van der Waals surface area contributed by atoms with Crippen LogP contribution in [0.5, 0.6) is 0 Å². The zero-order valence-corrected chi connectivity index (χ0v) is 36.4. The van der Waals surface area contributed by atoms with Crippen LogP contribution in [0.15, 0.2) is 91.0 Å². The highest BCUT2D eigenvalue weighted by Gasteiger charge is 2.56. The first kappa shape index (κ1) is 49.3. The van der Waals surface area contributed by atoms with Crippen molar-refractivity contribution in [3.05, 3.63) is 108 Å². The van der Waals surface area contributed by atoms with E-state index in [1.165, 1.54) is 50.2 Å². The number of unbranched alkanes of at least 4 members (excludes halogenated alkanes) is 5. The maximum atomic E-state index is 13.8. The zero-order valence-electron chi connectivity index (χ0n) is 36.4. The van der Waals surface area contributed by atoms with E-state index in [0.29, 0.717) is 6.42 Å². The van der Waals surface area contributed by atoms with E-state index < -0.39 is 110 Å². The third-order valence-electron chi connectivity index (χ3n) is 10.4. The van der Waals surface area contributed by atoms with Crippen LogP contribution in [0.1, 0.15) is 97.3 Å². The number of esters is 5. The van der Waals surface area contributed by atoms with Crippen LogP contribution < -0.4 is 5.32 Å². The Morgan fingerprint density at radius 1 is 0.562 bits per heavy atom. The van der Waals surface area contributed by atoms with Crippen molar-refractivity contribution in [2.45, 2.75) is 128 Å². The Bertz CT molecular complexity index is 1960. The number of carbonyl (C=O) groups is 6. The Morgan fingerprint density at radius 2 is 1.06 bits per heavy atom. The second-order valence-corrected chi connectivity index (χ2v) is 15.4. The van der Waals surface area contributed by atoms with Crippen molar-refractivity contribution in [2.24, 2.45) is 0 Å². The molecule has 2 heterocycles. The number of hydrogen-bond donors (Lipinski definition) is 2. The van der Waals surface area contributed by atoms with E-state index >= 15 is 0 Å². The molecule has 17 heteroatoms. The molecule has 0 aliphatic carbocycles. The first-order chi connectivity index (χ1) is 30.9. The fourth-order valence-electron chi connectivity index (χ4n) is 7.26. The smallest absolute Gasteiger partial charge is 0.338 e. The summed E-state index contributed by atoms with van der Waals surface area (Å²) in [7, 11) is 0. The van der Waals surface area contributed by atoms with Gasteiger partial charge in [-0.25, -0.2) is 14.4 Å². The molecule has 2 fully saturated rings. The van der Waals surface area contributed by atoms with E-state index in [2.05, 4.69) is 12.2 Å². The molecular weight excluding hydrogens is 835 g/mol. The number of rotatable bonds is 21. The van der Waals surface area contributed by atoms with Crippen LogP contribution in [-0.2, 0) is 57.0 Å². The molecular formula is C47H57NO16. The minimum Gasteiger partial charge on any atom is -0.463 e. The van der Waals surface area contributed by atoms with E-state index in [1.54, 1.807) is 54.6 Å². The van der Waals surface area contributed by atoms with E-state index in [0.717, 1.165) is 39.0 Å². The fourth-order valence-corrected chi connectivity index (χ4v) is 7.26. The summed E-state index contributed by atoms with van der Waals surface area (Å²) < 4.78 is 54.1. The monoisotopic (exact) mass is 891 g/mol. The Hall–Kier alpha value is -5.72. The molecule has 5 rings (SSSR count). The molecule has 1 amide bonds. The standard InChI is InChI=1S/C47H57NO16/c1-5-6-7-8-9-19-26-56-46-37(48-29(2)49)41(40(59-31(4)51)36(60-46)27-57-30(3)50)64-47-42(63-45(55)34-24-17-12-18-25-34)38(52)39(62-44(54)33-22-15-11-16-23-33)35(61-47)28-58-43(53)32-20-13-10-14-21-32/h10-18,20-25,35-42,46-47,52H,5-9,19,26-28H2,1-4H3,(H,48,49)/t35-,36-,37-,38+,39+,40+,41-,42-,46+,47+/m1/s1. The minimum absolute atomic E-state index is 0.0785. The molecule has 17 nitrogen and oxygen atoms in total. The number of hydrogen-bond acceptors (Lipinski definition) is 16. The quantitative estimate of drug-likeness (QED) is 0.0829. The predicted molar refractivity (Wildman–Crippen MR) is 225 cm³/mol. The normalized spacial score (nSPS) is 25.3. The average Bonchev–Trinajstić information content (AvgIpc) is 3.28. The molecule has 64 heavy (non-hydrogen) atoms. The number of nitrogens with one attached hydrogen (secondary N) is 1. The lowest BCUT2D eigenvalue weighted by Crippen LogP contribution is -2.69. The van der Waals surface area contributed by atoms with Gasteiger partial charge in [-0.2, -0.15) is 0 Å². The summed E-state index contributed by atoms with van der Waals surface area (Å²) in [5.41, 5.74) is 0.380. The Morgan fingerprint density at radius 3 is 1.61 bits per heavy atom. The van der Waals surface area contributed by atoms with Crippen molar-refractivity contribution in [1.29, 1.82) is 0 Å². The molecule has 346 valence electrons. The van der Waals surface area contributed by atoms with E-state index in [9.17, 15) is 33.9 Å². The molecule has 2 N–H and O–H groups in total. The molecule has 0 unspecified atom stereocenters. The van der Waals surface area contributed by atoms with Crippen LogP contribution in [0.4, 0.5) is 0 Å². The van der Waals surface area contributed by atoms with Gasteiger partial charge in [-0.15, -0.1) is 0 Å². The third kappa shape index (κ3) is 14.4. The highest BCUT2D eigenvalue weighted by atomic mass is 16.8. The van der Waals surface area contributed by atoms with Gasteiger partial charge in [0.1, 0.15) is 43.7 Å². The minimum atomic E-state index is -1.93. The molecule has 0 saturated carbocycles. The van der Waals surface area contributed by atoms with Gasteiger partial charge in [-0.3, -0.25) is 14.4 Å². The molecule has 3 aromatic rings. The van der Waals surface area contributed by atoms with Crippen molar-refractivity contribution in [2.75, 3.05) is 19.8 Å². The van der Waals surface area contributed by atoms with Crippen molar-refractivity contribution >= 4 is 35.8 Å². The maximum absolute atomic E-state index is 13.8. The first-order valence-electron chi connectivity index (χ1n) is 21.4. The van der Waals surface area contributed by atoms with Crippen LogP contribution in [0.25, 0.3) is 0 Å². The number of benzene rings is 3. The van der Waals surface area contributed by atoms with Crippen LogP contribution in [0.2, 0.25) is 0 Å². The van der Waals surface area contributed by atoms with E-state index in [4.69, 9.17) is 42.6 Å². The molecule has 3 aromatic carbocycles. The van der Waals surface area contributed by atoms with Gasteiger partial charge in [0.05, 0.1) is 16.7 Å². The maximum Gasteiger partial charge on any atom is 0.338 e. The van der Waals surface area contributed by atoms with Gasteiger partial charge in [-0.1, -0.05) is 93.6 Å². The van der Waals surface area contributed by atoms with Crippen molar-refractivity contribution in [3.8, 4) is 0 Å². The van der Waals surface area contributed by atoms with Crippen LogP contribution in [0, 0.1) is 0 Å². The summed E-state index contributed by atoms with van der Waals surface area (Å²) in [6.45, 7) is 4.77. The lowest BCUT2D eigenvalue weighted by atomic mass is 9.94. The second-order valence-electron chi connectivity index (χ2n) is 15.4. The largest absolute Gasteiger partial charge is 0.463 e. The van der Waals surface area contributed by atoms with Crippen molar-refractivity contribution in [1.82, 2.24) is 5.32 Å². The van der Waals surface area contributed by atoms with Crippen LogP contribution in [0.3, 0.4) is 0 Å². The second kappa shape index (κ2) is 24.9. The molecule has 0 spiro atoms. The van der Waals surface area contributed by atoms with Crippen LogP contribution >= 0.6 is 0 Å². The molecule has 0 bridgehead atoms. The number of carbonyl (C=O) groups excluding carboxylic acids is 6. The number of aliphatic hydroxyl groups is 1. The van der Waals surface area contributed by atoms with Gasteiger partial charge in [0, 0.05) is 27.4 Å². The summed E-state index contributed by atoms with van der Waals surface area (Å²) in [5, 5.41) is 15.0. The summed E-state index contributed by atoms with van der Waals surface area (Å²) >= 11 is 0. The number of ether oxygens (including phenoxy) is 9. The van der Waals surface area contributed by atoms with E-state index in [1.807, 2.05) is 0 Å². The van der Waals surface area contributed by atoms with Gasteiger partial charge in [-0.05, 0) is 42.8 Å². The van der Waals surface area contributed by atoms with Crippen molar-refractivity contribution in [3.63, 3.8) is 0 Å². The number of aliphatic hydroxyl groups excluding tert-OH is 1. The van der Waals surface area contributed by atoms with Crippen molar-refractivity contribution < 1.29 is 76.5 Å². The topological polar surface area (TPSA) is 218 Å². The first-order valence-corrected chi connectivity index (χ1v) is 21.4. The van der Waals surface area contributed by atoms with Gasteiger partial charge in [0.25, 0.3) is 0 Å². The lowest BCUT2D eigenvalue weighted by molar-refractivity contribution is -0.344. The summed E-state index contributed by atoms with van der Waals surface area (Å²) in [4.78, 5) is 78.3. The lowest BCUT2D eigenvalue weighted by Gasteiger charge is -2.49. The molecule has 2 aliphatic heterocycles. The van der Waals surface area contributed by atoms with Gasteiger partial charge in [0.2, 0.25) is 5.91 Å². The van der Waals surface area contributed by atoms with Gasteiger partial charge < -0.3 is 53.1 Å². The zero-order chi connectivity index (χ0) is 46.0. The van der Waals surface area contributed by atoms with Gasteiger partial charge in [0.15, 0.2) is 30.9 Å². The molecule has 2 aliphatic rings. The summed E-state index contributed by atoms with van der Waals surface area (Å²) in [6, 6.07) is 22.5. The van der Waals surface area contributed by atoms with E-state index in [-0.39, 0.29) is 23.3 Å². The molecule has 10 atom stereocenters. The van der Waals surface area contributed by atoms with Crippen LogP contribution in [-0.4, -0.2) is 122 Å². The number of amides is 1. The molecule has 0 radical (unpaired) electrons.